The predicted octanol–water partition coefficient (Wildman–Crippen LogP) is 4.44. The number of unbranched alkanes of at least 4 members (excludes halogenated alkanes) is 3. The molecule has 0 aliphatic heterocycles. The third-order valence-electron chi connectivity index (χ3n) is 3.63. The highest BCUT2D eigenvalue weighted by Gasteiger charge is 2.01. The lowest BCUT2D eigenvalue weighted by Gasteiger charge is -2.05. The molecule has 2 aromatic rings. The molecule has 0 unspecified atom stereocenters. The molecular weight excluding hydrogens is 248 g/mol. The van der Waals surface area contributed by atoms with Crippen LogP contribution in [0.15, 0.2) is 48.5 Å². The van der Waals surface area contributed by atoms with Crippen LogP contribution in [0.3, 0.4) is 0 Å². The lowest BCUT2D eigenvalue weighted by molar-refractivity contribution is 0.463. The van der Waals surface area contributed by atoms with E-state index in [9.17, 15) is 10.2 Å². The Morgan fingerprint density at radius 3 is 1.35 bits per heavy atom. The number of rotatable bonds is 7. The van der Waals surface area contributed by atoms with E-state index >= 15 is 0 Å². The van der Waals surface area contributed by atoms with Crippen LogP contribution >= 0.6 is 0 Å². The SMILES string of the molecule is Oc1ccccc1CCCCCCc1ccccc1O. The summed E-state index contributed by atoms with van der Waals surface area (Å²) >= 11 is 0. The second-order valence-corrected chi connectivity index (χ2v) is 5.17. The summed E-state index contributed by atoms with van der Waals surface area (Å²) in [4.78, 5) is 0. The zero-order valence-electron chi connectivity index (χ0n) is 11.8. The molecule has 2 nitrogen and oxygen atoms in total. The summed E-state index contributed by atoms with van der Waals surface area (Å²) in [6, 6.07) is 15.1. The Kier molecular flexibility index (Phi) is 5.48. The first-order valence-electron chi connectivity index (χ1n) is 7.31. The van der Waals surface area contributed by atoms with Crippen molar-refractivity contribution < 1.29 is 10.2 Å². The van der Waals surface area contributed by atoms with Crippen LogP contribution in [0.1, 0.15) is 36.8 Å². The average molecular weight is 270 g/mol. The van der Waals surface area contributed by atoms with E-state index in [0.29, 0.717) is 11.5 Å². The van der Waals surface area contributed by atoms with E-state index in [-0.39, 0.29) is 0 Å². The molecule has 0 bridgehead atoms. The maximum Gasteiger partial charge on any atom is 0.118 e. The highest BCUT2D eigenvalue weighted by Crippen LogP contribution is 2.20. The first-order valence-corrected chi connectivity index (χ1v) is 7.31. The summed E-state index contributed by atoms with van der Waals surface area (Å²) in [5.41, 5.74) is 2.07. The van der Waals surface area contributed by atoms with Gasteiger partial charge in [0, 0.05) is 0 Å². The van der Waals surface area contributed by atoms with Gasteiger partial charge in [0.1, 0.15) is 11.5 Å². The van der Waals surface area contributed by atoms with Gasteiger partial charge in [-0.1, -0.05) is 49.2 Å². The molecule has 2 aromatic carbocycles. The molecule has 0 amide bonds. The normalized spacial score (nSPS) is 10.6. The number of hydrogen-bond acceptors (Lipinski definition) is 2. The molecule has 0 saturated carbocycles. The van der Waals surface area contributed by atoms with Gasteiger partial charge in [-0.05, 0) is 48.9 Å². The van der Waals surface area contributed by atoms with Crippen molar-refractivity contribution in [2.75, 3.05) is 0 Å². The molecule has 2 rings (SSSR count). The van der Waals surface area contributed by atoms with Crippen LogP contribution in [-0.4, -0.2) is 10.2 Å². The van der Waals surface area contributed by atoms with Crippen molar-refractivity contribution in [2.24, 2.45) is 0 Å². The zero-order chi connectivity index (χ0) is 14.2. The average Bonchev–Trinajstić information content (AvgIpc) is 2.46. The first-order chi connectivity index (χ1) is 9.77. The lowest BCUT2D eigenvalue weighted by atomic mass is 10.0. The van der Waals surface area contributed by atoms with Gasteiger partial charge in [0.25, 0.3) is 0 Å². The quantitative estimate of drug-likeness (QED) is 0.730. The van der Waals surface area contributed by atoms with Gasteiger partial charge in [-0.3, -0.25) is 0 Å². The van der Waals surface area contributed by atoms with Crippen LogP contribution in [0.5, 0.6) is 11.5 Å². The maximum atomic E-state index is 9.66. The van der Waals surface area contributed by atoms with Gasteiger partial charge in [0.2, 0.25) is 0 Å². The topological polar surface area (TPSA) is 40.5 Å². The van der Waals surface area contributed by atoms with Crippen LogP contribution in [0, 0.1) is 0 Å². The van der Waals surface area contributed by atoms with E-state index in [1.165, 1.54) is 0 Å². The van der Waals surface area contributed by atoms with Crippen LogP contribution in [0.25, 0.3) is 0 Å². The lowest BCUT2D eigenvalue weighted by Crippen LogP contribution is -1.89. The Labute approximate surface area is 120 Å². The molecular formula is C18H22O2. The largest absolute Gasteiger partial charge is 0.508 e. The molecule has 2 N–H and O–H groups in total. The Hall–Kier alpha value is -1.96. The maximum absolute atomic E-state index is 9.66. The van der Waals surface area contributed by atoms with Gasteiger partial charge in [-0.2, -0.15) is 0 Å². The molecule has 0 aromatic heterocycles. The summed E-state index contributed by atoms with van der Waals surface area (Å²) in [5.74, 6) is 0.809. The van der Waals surface area contributed by atoms with E-state index < -0.39 is 0 Å². The summed E-state index contributed by atoms with van der Waals surface area (Å²) < 4.78 is 0. The van der Waals surface area contributed by atoms with Gasteiger partial charge in [0.05, 0.1) is 0 Å². The summed E-state index contributed by atoms with van der Waals surface area (Å²) in [6.07, 6.45) is 6.37. The van der Waals surface area contributed by atoms with Crippen molar-refractivity contribution in [3.63, 3.8) is 0 Å². The van der Waals surface area contributed by atoms with Crippen molar-refractivity contribution in [3.8, 4) is 11.5 Å². The number of hydrogen-bond donors (Lipinski definition) is 2. The standard InChI is InChI=1S/C18H22O2/c19-17-13-7-5-11-15(17)9-3-1-2-4-10-16-12-6-8-14-18(16)20/h5-8,11-14,19-20H,1-4,9-10H2. The van der Waals surface area contributed by atoms with E-state index in [2.05, 4.69) is 0 Å². The Morgan fingerprint density at radius 1 is 0.550 bits per heavy atom. The first kappa shape index (κ1) is 14.4. The molecule has 0 spiro atoms. The molecule has 20 heavy (non-hydrogen) atoms. The fourth-order valence-electron chi connectivity index (χ4n) is 2.43. The molecule has 106 valence electrons. The van der Waals surface area contributed by atoms with E-state index in [4.69, 9.17) is 0 Å². The molecule has 0 atom stereocenters. The van der Waals surface area contributed by atoms with Gasteiger partial charge < -0.3 is 10.2 Å². The zero-order valence-corrected chi connectivity index (χ0v) is 11.8. The van der Waals surface area contributed by atoms with Gasteiger partial charge in [0.15, 0.2) is 0 Å². The third kappa shape index (κ3) is 4.30. The van der Waals surface area contributed by atoms with Gasteiger partial charge >= 0.3 is 0 Å². The number of aryl methyl sites for hydroxylation is 2. The number of para-hydroxylation sites is 2. The van der Waals surface area contributed by atoms with Crippen molar-refractivity contribution >= 4 is 0 Å². The van der Waals surface area contributed by atoms with Crippen molar-refractivity contribution in [1.82, 2.24) is 0 Å². The van der Waals surface area contributed by atoms with Crippen molar-refractivity contribution in [1.29, 1.82) is 0 Å². The Morgan fingerprint density at radius 2 is 0.950 bits per heavy atom. The molecule has 2 heteroatoms. The van der Waals surface area contributed by atoms with Crippen LogP contribution < -0.4 is 0 Å². The van der Waals surface area contributed by atoms with Crippen LogP contribution in [0.4, 0.5) is 0 Å². The third-order valence-corrected chi connectivity index (χ3v) is 3.63. The predicted molar refractivity (Wildman–Crippen MR) is 82.1 cm³/mol. The monoisotopic (exact) mass is 270 g/mol. The molecule has 0 radical (unpaired) electrons. The molecule has 0 fully saturated rings. The summed E-state index contributed by atoms with van der Waals surface area (Å²) in [6.45, 7) is 0. The van der Waals surface area contributed by atoms with E-state index in [0.717, 1.165) is 49.7 Å². The summed E-state index contributed by atoms with van der Waals surface area (Å²) in [5, 5.41) is 19.3. The van der Waals surface area contributed by atoms with E-state index in [1.54, 1.807) is 12.1 Å². The van der Waals surface area contributed by atoms with Crippen LogP contribution in [-0.2, 0) is 12.8 Å². The molecule has 0 aliphatic carbocycles. The fourth-order valence-corrected chi connectivity index (χ4v) is 2.43. The Bertz CT molecular complexity index is 485. The van der Waals surface area contributed by atoms with Crippen molar-refractivity contribution in [3.05, 3.63) is 59.7 Å². The minimum Gasteiger partial charge on any atom is -0.508 e. The number of phenolic OH excluding ortho intramolecular Hbond substituents is 2. The Balaban J connectivity index is 1.63. The number of aromatic hydroxyl groups is 2. The minimum atomic E-state index is 0.404. The number of benzene rings is 2. The fraction of sp³-hybridized carbons (Fsp3) is 0.333. The van der Waals surface area contributed by atoms with Crippen molar-refractivity contribution in [2.45, 2.75) is 38.5 Å². The van der Waals surface area contributed by atoms with E-state index in [1.807, 2.05) is 36.4 Å². The molecule has 0 aliphatic rings. The summed E-state index contributed by atoms with van der Waals surface area (Å²) in [7, 11) is 0. The van der Waals surface area contributed by atoms with Crippen LogP contribution in [0.2, 0.25) is 0 Å². The van der Waals surface area contributed by atoms with Gasteiger partial charge in [-0.15, -0.1) is 0 Å². The highest BCUT2D eigenvalue weighted by molar-refractivity contribution is 5.32. The highest BCUT2D eigenvalue weighted by atomic mass is 16.3. The second kappa shape index (κ2) is 7.59. The smallest absolute Gasteiger partial charge is 0.118 e. The molecule has 0 heterocycles. The molecule has 0 saturated heterocycles. The number of phenols is 2. The second-order valence-electron chi connectivity index (χ2n) is 5.17. The minimum absolute atomic E-state index is 0.404. The van der Waals surface area contributed by atoms with Gasteiger partial charge in [-0.25, -0.2) is 0 Å².